The first kappa shape index (κ1) is 14.1. The predicted molar refractivity (Wildman–Crippen MR) is 75.7 cm³/mol. The molecular formula is C16H23NO2. The van der Waals surface area contributed by atoms with E-state index < -0.39 is 0 Å². The van der Waals surface area contributed by atoms with Crippen LogP contribution >= 0.6 is 0 Å². The molecule has 1 heterocycles. The van der Waals surface area contributed by atoms with Gasteiger partial charge >= 0.3 is 0 Å². The van der Waals surface area contributed by atoms with Crippen LogP contribution in [-0.4, -0.2) is 28.6 Å². The molecule has 1 aliphatic heterocycles. The molecule has 1 saturated heterocycles. The second-order valence-corrected chi connectivity index (χ2v) is 5.24. The fourth-order valence-electron chi connectivity index (χ4n) is 3.03. The summed E-state index contributed by atoms with van der Waals surface area (Å²) in [6.07, 6.45) is 4.75. The molecule has 1 aromatic carbocycles. The molecule has 0 spiro atoms. The summed E-state index contributed by atoms with van der Waals surface area (Å²) in [5, 5.41) is 9.74. The predicted octanol–water partition coefficient (Wildman–Crippen LogP) is 2.90. The number of hydrogen-bond donors (Lipinski definition) is 1. The van der Waals surface area contributed by atoms with Crippen molar-refractivity contribution in [1.82, 2.24) is 4.90 Å². The Balaban J connectivity index is 2.25. The van der Waals surface area contributed by atoms with E-state index in [9.17, 15) is 9.90 Å². The van der Waals surface area contributed by atoms with E-state index in [0.717, 1.165) is 31.2 Å². The van der Waals surface area contributed by atoms with Gasteiger partial charge in [0.2, 0.25) is 5.91 Å². The average Bonchev–Trinajstić information content (AvgIpc) is 2.44. The molecule has 19 heavy (non-hydrogen) atoms. The Morgan fingerprint density at radius 1 is 1.37 bits per heavy atom. The molecule has 1 amide bonds. The maximum Gasteiger partial charge on any atom is 0.223 e. The molecule has 0 unspecified atom stereocenters. The van der Waals surface area contributed by atoms with Crippen LogP contribution in [0, 0.1) is 0 Å². The van der Waals surface area contributed by atoms with Crippen molar-refractivity contribution in [2.24, 2.45) is 0 Å². The van der Waals surface area contributed by atoms with E-state index in [0.29, 0.717) is 6.42 Å². The van der Waals surface area contributed by atoms with Gasteiger partial charge in [-0.25, -0.2) is 0 Å². The van der Waals surface area contributed by atoms with Crippen molar-refractivity contribution < 1.29 is 9.90 Å². The number of rotatable bonds is 5. The first-order valence-electron chi connectivity index (χ1n) is 7.25. The Kier molecular flexibility index (Phi) is 4.97. The highest BCUT2D eigenvalue weighted by molar-refractivity contribution is 5.78. The van der Waals surface area contributed by atoms with E-state index in [1.54, 1.807) is 0 Å². The lowest BCUT2D eigenvalue weighted by Gasteiger charge is -2.41. The Bertz CT molecular complexity index is 402. The molecule has 3 heteroatoms. The number of benzene rings is 1. The Morgan fingerprint density at radius 3 is 2.74 bits per heavy atom. The van der Waals surface area contributed by atoms with Gasteiger partial charge < -0.3 is 10.0 Å². The molecule has 0 aromatic heterocycles. The van der Waals surface area contributed by atoms with E-state index in [-0.39, 0.29) is 24.6 Å². The summed E-state index contributed by atoms with van der Waals surface area (Å²) < 4.78 is 0. The number of carbonyl (C=O) groups is 1. The zero-order chi connectivity index (χ0) is 13.7. The minimum Gasteiger partial charge on any atom is -0.394 e. The number of hydrogen-bond acceptors (Lipinski definition) is 2. The van der Waals surface area contributed by atoms with Crippen molar-refractivity contribution in [3.8, 4) is 0 Å². The van der Waals surface area contributed by atoms with Crippen molar-refractivity contribution in [2.75, 3.05) is 6.61 Å². The minimum atomic E-state index is -0.189. The molecular weight excluding hydrogens is 238 g/mol. The molecule has 2 atom stereocenters. The van der Waals surface area contributed by atoms with Gasteiger partial charge in [-0.15, -0.1) is 0 Å². The number of carbonyl (C=O) groups excluding carboxylic acids is 1. The third-order valence-electron chi connectivity index (χ3n) is 3.92. The lowest BCUT2D eigenvalue weighted by Crippen LogP contribution is -2.46. The largest absolute Gasteiger partial charge is 0.394 e. The lowest BCUT2D eigenvalue weighted by molar-refractivity contribution is -0.141. The van der Waals surface area contributed by atoms with Crippen LogP contribution in [0.5, 0.6) is 0 Å². The average molecular weight is 261 g/mol. The van der Waals surface area contributed by atoms with Crippen molar-refractivity contribution in [3.63, 3.8) is 0 Å². The van der Waals surface area contributed by atoms with Gasteiger partial charge in [0.25, 0.3) is 0 Å². The Labute approximate surface area is 115 Å². The van der Waals surface area contributed by atoms with Gasteiger partial charge in [0, 0.05) is 12.5 Å². The van der Waals surface area contributed by atoms with Crippen LogP contribution in [0.15, 0.2) is 30.3 Å². The molecule has 104 valence electrons. The fourth-order valence-corrected chi connectivity index (χ4v) is 3.03. The number of piperidine rings is 1. The van der Waals surface area contributed by atoms with Gasteiger partial charge in [-0.2, -0.15) is 0 Å². The molecule has 2 rings (SSSR count). The second kappa shape index (κ2) is 6.71. The maximum absolute atomic E-state index is 12.3. The maximum atomic E-state index is 12.3. The molecule has 0 saturated carbocycles. The lowest BCUT2D eigenvalue weighted by atomic mass is 9.93. The summed E-state index contributed by atoms with van der Waals surface area (Å²) in [6.45, 7) is 2.14. The molecule has 0 radical (unpaired) electrons. The molecule has 1 aromatic rings. The van der Waals surface area contributed by atoms with E-state index in [2.05, 4.69) is 6.92 Å². The van der Waals surface area contributed by atoms with Gasteiger partial charge in [-0.3, -0.25) is 4.79 Å². The summed E-state index contributed by atoms with van der Waals surface area (Å²) in [5.74, 6) is 0.188. The van der Waals surface area contributed by atoms with Crippen LogP contribution < -0.4 is 0 Å². The number of aliphatic hydroxyl groups excluding tert-OH is 1. The van der Waals surface area contributed by atoms with Crippen LogP contribution in [0.1, 0.15) is 50.6 Å². The molecule has 1 aliphatic rings. The summed E-state index contributed by atoms with van der Waals surface area (Å²) in [6, 6.07) is 9.95. The SMILES string of the molecule is CCC[C@H]1CCCC(=O)N1[C@H](CO)c1ccccc1. The van der Waals surface area contributed by atoms with Crippen molar-refractivity contribution in [2.45, 2.75) is 51.1 Å². The molecule has 0 bridgehead atoms. The summed E-state index contributed by atoms with van der Waals surface area (Å²) >= 11 is 0. The van der Waals surface area contributed by atoms with Crippen LogP contribution in [-0.2, 0) is 4.79 Å². The van der Waals surface area contributed by atoms with Crippen LogP contribution in [0.25, 0.3) is 0 Å². The van der Waals surface area contributed by atoms with Gasteiger partial charge in [0.05, 0.1) is 12.6 Å². The number of aliphatic hydroxyl groups is 1. The number of amides is 1. The zero-order valence-electron chi connectivity index (χ0n) is 11.6. The molecule has 1 N–H and O–H groups in total. The normalized spacial score (nSPS) is 21.5. The number of nitrogens with zero attached hydrogens (tertiary/aromatic N) is 1. The van der Waals surface area contributed by atoms with E-state index in [1.807, 2.05) is 35.2 Å². The second-order valence-electron chi connectivity index (χ2n) is 5.24. The first-order chi connectivity index (χ1) is 9.27. The molecule has 1 fully saturated rings. The smallest absolute Gasteiger partial charge is 0.223 e. The fraction of sp³-hybridized carbons (Fsp3) is 0.562. The highest BCUT2D eigenvalue weighted by Gasteiger charge is 2.33. The van der Waals surface area contributed by atoms with E-state index in [4.69, 9.17) is 0 Å². The van der Waals surface area contributed by atoms with Gasteiger partial charge in [-0.1, -0.05) is 43.7 Å². The first-order valence-corrected chi connectivity index (χ1v) is 7.25. The highest BCUT2D eigenvalue weighted by Crippen LogP contribution is 2.31. The van der Waals surface area contributed by atoms with Crippen molar-refractivity contribution >= 4 is 5.91 Å². The molecule has 3 nitrogen and oxygen atoms in total. The summed E-state index contributed by atoms with van der Waals surface area (Å²) in [7, 11) is 0. The van der Waals surface area contributed by atoms with E-state index in [1.165, 1.54) is 0 Å². The standard InChI is InChI=1S/C16H23NO2/c1-2-7-14-10-6-11-16(19)17(14)15(12-18)13-8-4-3-5-9-13/h3-5,8-9,14-15,18H,2,6-7,10-12H2,1H3/t14-,15+/m0/s1. The van der Waals surface area contributed by atoms with Crippen molar-refractivity contribution in [1.29, 1.82) is 0 Å². The zero-order valence-corrected chi connectivity index (χ0v) is 11.6. The third-order valence-corrected chi connectivity index (χ3v) is 3.92. The minimum absolute atomic E-state index is 0.00400. The molecule has 0 aliphatic carbocycles. The monoisotopic (exact) mass is 261 g/mol. The van der Waals surface area contributed by atoms with Gasteiger partial charge in [-0.05, 0) is 24.8 Å². The van der Waals surface area contributed by atoms with Crippen molar-refractivity contribution in [3.05, 3.63) is 35.9 Å². The Hall–Kier alpha value is -1.35. The van der Waals surface area contributed by atoms with Crippen LogP contribution in [0.2, 0.25) is 0 Å². The van der Waals surface area contributed by atoms with Gasteiger partial charge in [0.1, 0.15) is 0 Å². The topological polar surface area (TPSA) is 40.5 Å². The quantitative estimate of drug-likeness (QED) is 0.885. The van der Waals surface area contributed by atoms with Gasteiger partial charge in [0.15, 0.2) is 0 Å². The van der Waals surface area contributed by atoms with Crippen LogP contribution in [0.3, 0.4) is 0 Å². The highest BCUT2D eigenvalue weighted by atomic mass is 16.3. The summed E-state index contributed by atoms with van der Waals surface area (Å²) in [4.78, 5) is 14.2. The third kappa shape index (κ3) is 3.16. The number of likely N-dealkylation sites (tertiary alicyclic amines) is 1. The van der Waals surface area contributed by atoms with E-state index >= 15 is 0 Å². The van der Waals surface area contributed by atoms with Crippen LogP contribution in [0.4, 0.5) is 0 Å². The summed E-state index contributed by atoms with van der Waals surface area (Å²) in [5.41, 5.74) is 1.03. The Morgan fingerprint density at radius 2 is 2.11 bits per heavy atom.